The molecule has 0 amide bonds. The van der Waals surface area contributed by atoms with Crippen LogP contribution in [0, 0.1) is 23.1 Å². The zero-order chi connectivity index (χ0) is 12.8. The van der Waals surface area contributed by atoms with Crippen LogP contribution in [0.25, 0.3) is 0 Å². The smallest absolute Gasteiger partial charge is 0.158 e. The van der Waals surface area contributed by atoms with Crippen molar-refractivity contribution >= 4 is 7.85 Å². The Kier molecular flexibility index (Phi) is 3.42. The fraction of sp³-hybridized carbons (Fsp3) is 0.938. The second-order valence-electron chi connectivity index (χ2n) is 6.94. The second-order valence-corrected chi connectivity index (χ2v) is 6.94. The third-order valence-corrected chi connectivity index (χ3v) is 6.04. The summed E-state index contributed by atoms with van der Waals surface area (Å²) in [5.74, 6) is 4.05. The number of piperidine rings is 1. The normalized spacial score (nSPS) is 46.2. The van der Waals surface area contributed by atoms with E-state index in [9.17, 15) is 0 Å². The Labute approximate surface area is 114 Å². The Bertz CT molecular complexity index is 290. The van der Waals surface area contributed by atoms with E-state index in [1.54, 1.807) is 19.3 Å². The molecule has 1 heterocycles. The van der Waals surface area contributed by atoms with Gasteiger partial charge in [0.1, 0.15) is 0 Å². The van der Waals surface area contributed by atoms with Gasteiger partial charge in [0.25, 0.3) is 0 Å². The molecular formula is C16H30BN. The summed E-state index contributed by atoms with van der Waals surface area (Å²) < 4.78 is 0. The Morgan fingerprint density at radius 3 is 2.61 bits per heavy atom. The van der Waals surface area contributed by atoms with E-state index in [0.29, 0.717) is 7.85 Å². The van der Waals surface area contributed by atoms with Crippen LogP contribution in [0.5, 0.6) is 0 Å². The minimum absolute atomic E-state index is 0.508. The van der Waals surface area contributed by atoms with Crippen molar-refractivity contribution in [1.82, 2.24) is 4.90 Å². The van der Waals surface area contributed by atoms with Crippen molar-refractivity contribution in [1.29, 1.82) is 0 Å². The molecule has 0 bridgehead atoms. The highest BCUT2D eigenvalue weighted by atomic mass is 15.1. The average molecular weight is 247 g/mol. The molecule has 102 valence electrons. The van der Waals surface area contributed by atoms with Gasteiger partial charge in [-0.25, -0.2) is 0 Å². The SMILES string of the molecule is [BH3-][C+]1CCC2C(C1)N(C)CCC21CCC(C)CC1. The minimum Gasteiger partial charge on any atom is -0.299 e. The van der Waals surface area contributed by atoms with E-state index in [1.807, 2.05) is 5.82 Å². The molecule has 3 aliphatic rings. The predicted octanol–water partition coefficient (Wildman–Crippen LogP) is 2.58. The first kappa shape index (κ1) is 12.9. The van der Waals surface area contributed by atoms with Gasteiger partial charge >= 0.3 is 0 Å². The third kappa shape index (κ3) is 2.11. The lowest BCUT2D eigenvalue weighted by atomic mass is 9.53. The van der Waals surface area contributed by atoms with Crippen molar-refractivity contribution in [3.05, 3.63) is 5.82 Å². The summed E-state index contributed by atoms with van der Waals surface area (Å²) in [5, 5.41) is 0. The molecular weight excluding hydrogens is 217 g/mol. The molecule has 2 aliphatic carbocycles. The number of likely N-dealkylation sites (tertiary alicyclic amines) is 1. The second kappa shape index (κ2) is 4.78. The Hall–Kier alpha value is -0.105. The Balaban J connectivity index is 1.79. The molecule has 2 saturated carbocycles. The number of hydrogen-bond donors (Lipinski definition) is 0. The van der Waals surface area contributed by atoms with Crippen molar-refractivity contribution < 1.29 is 0 Å². The van der Waals surface area contributed by atoms with E-state index in [1.165, 1.54) is 38.6 Å². The molecule has 18 heavy (non-hydrogen) atoms. The third-order valence-electron chi connectivity index (χ3n) is 6.04. The number of nitrogens with zero attached hydrogens (tertiary/aromatic N) is 1. The largest absolute Gasteiger partial charge is 0.299 e. The van der Waals surface area contributed by atoms with E-state index in [0.717, 1.165) is 23.3 Å². The monoisotopic (exact) mass is 247 g/mol. The maximum atomic E-state index is 2.72. The van der Waals surface area contributed by atoms with Crippen LogP contribution in [0.4, 0.5) is 0 Å². The molecule has 1 saturated heterocycles. The van der Waals surface area contributed by atoms with E-state index in [2.05, 4.69) is 18.9 Å². The summed E-state index contributed by atoms with van der Waals surface area (Å²) >= 11 is 0. The van der Waals surface area contributed by atoms with Gasteiger partial charge in [-0.15, -0.1) is 5.82 Å². The van der Waals surface area contributed by atoms with Gasteiger partial charge in [-0.1, -0.05) is 19.8 Å². The summed E-state index contributed by atoms with van der Waals surface area (Å²) in [6, 6.07) is 0.938. The molecule has 2 unspecified atom stereocenters. The van der Waals surface area contributed by atoms with Crippen LogP contribution in [0.15, 0.2) is 0 Å². The van der Waals surface area contributed by atoms with E-state index >= 15 is 0 Å². The summed E-state index contributed by atoms with van der Waals surface area (Å²) in [5.41, 5.74) is 0.768. The molecule has 0 radical (unpaired) electrons. The first-order chi connectivity index (χ1) is 8.61. The van der Waals surface area contributed by atoms with Crippen LogP contribution < -0.4 is 0 Å². The van der Waals surface area contributed by atoms with Crippen LogP contribution in [0.1, 0.15) is 58.3 Å². The minimum atomic E-state index is 0.508. The number of rotatable bonds is 0. The van der Waals surface area contributed by atoms with Crippen molar-refractivity contribution in [2.24, 2.45) is 17.3 Å². The first-order valence-corrected chi connectivity index (χ1v) is 7.62. The van der Waals surface area contributed by atoms with E-state index in [4.69, 9.17) is 0 Å². The Morgan fingerprint density at radius 2 is 1.89 bits per heavy atom. The van der Waals surface area contributed by atoms with Gasteiger partial charge in [0.15, 0.2) is 7.85 Å². The molecule has 0 aromatic carbocycles. The molecule has 3 rings (SSSR count). The van der Waals surface area contributed by atoms with E-state index in [-0.39, 0.29) is 0 Å². The lowest BCUT2D eigenvalue weighted by Crippen LogP contribution is -2.55. The summed E-state index contributed by atoms with van der Waals surface area (Å²) in [4.78, 5) is 2.72. The Morgan fingerprint density at radius 1 is 1.17 bits per heavy atom. The van der Waals surface area contributed by atoms with Crippen LogP contribution in [0.2, 0.25) is 0 Å². The van der Waals surface area contributed by atoms with Gasteiger partial charge in [-0.3, -0.25) is 4.90 Å². The van der Waals surface area contributed by atoms with Crippen LogP contribution >= 0.6 is 0 Å². The maximum Gasteiger partial charge on any atom is 0.158 e. The molecule has 2 heteroatoms. The van der Waals surface area contributed by atoms with Crippen molar-refractivity contribution in [3.8, 4) is 0 Å². The quantitative estimate of drug-likeness (QED) is 0.470. The van der Waals surface area contributed by atoms with Crippen molar-refractivity contribution in [3.63, 3.8) is 0 Å². The molecule has 1 nitrogen and oxygen atoms in total. The molecule has 0 N–H and O–H groups in total. The molecule has 3 fully saturated rings. The summed E-state index contributed by atoms with van der Waals surface area (Å²) in [6.45, 7) is 3.84. The summed E-state index contributed by atoms with van der Waals surface area (Å²) in [6.07, 6.45) is 12.2. The fourth-order valence-corrected chi connectivity index (χ4v) is 4.73. The van der Waals surface area contributed by atoms with Crippen molar-refractivity contribution in [2.45, 2.75) is 64.3 Å². The van der Waals surface area contributed by atoms with Crippen molar-refractivity contribution in [2.75, 3.05) is 13.6 Å². The first-order valence-electron chi connectivity index (χ1n) is 7.62. The molecule has 1 spiro atoms. The van der Waals surface area contributed by atoms with Gasteiger partial charge < -0.3 is 0 Å². The van der Waals surface area contributed by atoms with Gasteiger partial charge in [-0.05, 0) is 56.5 Å². The van der Waals surface area contributed by atoms with E-state index < -0.39 is 0 Å². The maximum absolute atomic E-state index is 2.72. The zero-order valence-corrected chi connectivity index (χ0v) is 11.5. The highest BCUT2D eigenvalue weighted by molar-refractivity contribution is 6.18. The predicted molar refractivity (Wildman–Crippen MR) is 81.6 cm³/mol. The molecule has 0 aromatic rings. The standard InChI is InChI=1S/C16H30BN/c1-12-5-7-16(8-6-12)9-10-18(2)15-11-13(17)3-4-14(15)16/h12,14-15H,3-11H2,1-2,17H3. The zero-order valence-electron chi connectivity index (χ0n) is 11.5. The average Bonchev–Trinajstić information content (AvgIpc) is 2.37. The highest BCUT2D eigenvalue weighted by Gasteiger charge is 2.50. The number of hydrogen-bond acceptors (Lipinski definition) is 1. The topological polar surface area (TPSA) is 3.24 Å². The van der Waals surface area contributed by atoms with Crippen LogP contribution in [-0.2, 0) is 0 Å². The lowest BCUT2D eigenvalue weighted by molar-refractivity contribution is -0.0521. The van der Waals surface area contributed by atoms with Crippen LogP contribution in [-0.4, -0.2) is 32.4 Å². The van der Waals surface area contributed by atoms with Gasteiger partial charge in [0.05, 0.1) is 6.42 Å². The highest BCUT2D eigenvalue weighted by Crippen LogP contribution is 2.55. The van der Waals surface area contributed by atoms with Crippen LogP contribution in [0.3, 0.4) is 0 Å². The summed E-state index contributed by atoms with van der Waals surface area (Å²) in [7, 11) is 2.91. The molecule has 2 atom stereocenters. The number of fused-ring (bicyclic) bond motifs is 2. The fourth-order valence-electron chi connectivity index (χ4n) is 4.73. The van der Waals surface area contributed by atoms with Gasteiger partial charge in [0, 0.05) is 12.5 Å². The molecule has 1 aliphatic heterocycles. The van der Waals surface area contributed by atoms with Gasteiger partial charge in [0.2, 0.25) is 0 Å². The lowest BCUT2D eigenvalue weighted by Gasteiger charge is -2.56. The van der Waals surface area contributed by atoms with Gasteiger partial charge in [-0.2, -0.15) is 0 Å². The molecule has 0 aromatic heterocycles.